The summed E-state index contributed by atoms with van der Waals surface area (Å²) < 4.78 is 4.94. The normalized spacial score (nSPS) is 12.6. The van der Waals surface area contributed by atoms with Crippen molar-refractivity contribution < 1.29 is 19.2 Å². The Morgan fingerprint density at radius 3 is 2.65 bits per heavy atom. The van der Waals surface area contributed by atoms with E-state index in [0.29, 0.717) is 11.5 Å². The molecule has 1 aromatic rings. The maximum absolute atomic E-state index is 10.9. The standard InChI is InChI=1S/C10H13NO5S/c1-6(2)9(10(12)13)17-5-7-3-4-8(16-7)11(14)15/h3-4,6,9H,5H2,1-2H3,(H,12,13). The third-order valence-corrected chi connectivity index (χ3v) is 3.64. The first-order chi connectivity index (χ1) is 7.91. The monoisotopic (exact) mass is 259 g/mol. The van der Waals surface area contributed by atoms with E-state index in [1.807, 2.05) is 13.8 Å². The van der Waals surface area contributed by atoms with Crippen molar-refractivity contribution >= 4 is 23.6 Å². The van der Waals surface area contributed by atoms with Gasteiger partial charge in [-0.1, -0.05) is 13.8 Å². The van der Waals surface area contributed by atoms with Gasteiger partial charge in [-0.15, -0.1) is 11.8 Å². The largest absolute Gasteiger partial charge is 0.480 e. The van der Waals surface area contributed by atoms with Crippen LogP contribution >= 0.6 is 11.8 Å². The van der Waals surface area contributed by atoms with Crippen LogP contribution in [0.5, 0.6) is 0 Å². The highest BCUT2D eigenvalue weighted by Crippen LogP contribution is 2.26. The van der Waals surface area contributed by atoms with Crippen molar-refractivity contribution in [3.8, 4) is 0 Å². The summed E-state index contributed by atoms with van der Waals surface area (Å²) in [6.07, 6.45) is 0. The van der Waals surface area contributed by atoms with E-state index >= 15 is 0 Å². The van der Waals surface area contributed by atoms with Crippen LogP contribution in [0.1, 0.15) is 19.6 Å². The molecule has 1 N–H and O–H groups in total. The molecule has 1 heterocycles. The van der Waals surface area contributed by atoms with E-state index < -0.39 is 16.1 Å². The molecule has 0 amide bonds. The summed E-state index contributed by atoms with van der Waals surface area (Å²) in [6.45, 7) is 3.63. The van der Waals surface area contributed by atoms with E-state index in [1.165, 1.54) is 23.9 Å². The Morgan fingerprint density at radius 1 is 1.59 bits per heavy atom. The Labute approximate surface area is 102 Å². The summed E-state index contributed by atoms with van der Waals surface area (Å²) in [4.78, 5) is 20.7. The lowest BCUT2D eigenvalue weighted by Gasteiger charge is -2.14. The molecule has 0 radical (unpaired) electrons. The maximum Gasteiger partial charge on any atom is 0.433 e. The highest BCUT2D eigenvalue weighted by Gasteiger charge is 2.23. The van der Waals surface area contributed by atoms with Crippen LogP contribution in [-0.2, 0) is 10.5 Å². The molecule has 0 bridgehead atoms. The van der Waals surface area contributed by atoms with Gasteiger partial charge in [-0.05, 0) is 12.0 Å². The van der Waals surface area contributed by atoms with Gasteiger partial charge in [0.2, 0.25) is 0 Å². The molecule has 1 unspecified atom stereocenters. The molecule has 1 aromatic heterocycles. The topological polar surface area (TPSA) is 93.6 Å². The van der Waals surface area contributed by atoms with Crippen molar-refractivity contribution in [2.24, 2.45) is 5.92 Å². The van der Waals surface area contributed by atoms with Gasteiger partial charge in [-0.25, -0.2) is 0 Å². The molecule has 0 spiro atoms. The number of nitrogens with zero attached hydrogens (tertiary/aromatic N) is 1. The second kappa shape index (κ2) is 5.72. The molecule has 17 heavy (non-hydrogen) atoms. The van der Waals surface area contributed by atoms with Crippen molar-refractivity contribution in [2.75, 3.05) is 0 Å². The van der Waals surface area contributed by atoms with Gasteiger partial charge >= 0.3 is 11.9 Å². The highest BCUT2D eigenvalue weighted by atomic mass is 32.2. The summed E-state index contributed by atoms with van der Waals surface area (Å²) in [5.74, 6) is -0.498. The number of nitro groups is 1. The molecule has 0 aliphatic heterocycles. The lowest BCUT2D eigenvalue weighted by molar-refractivity contribution is -0.402. The zero-order chi connectivity index (χ0) is 13.0. The fourth-order valence-electron chi connectivity index (χ4n) is 1.26. The molecule has 0 fully saturated rings. The van der Waals surface area contributed by atoms with Gasteiger partial charge in [0.1, 0.15) is 15.9 Å². The number of rotatable bonds is 6. The molecule has 0 aromatic carbocycles. The molecule has 0 aliphatic rings. The lowest BCUT2D eigenvalue weighted by Crippen LogP contribution is -2.22. The van der Waals surface area contributed by atoms with Crippen molar-refractivity contribution in [3.05, 3.63) is 28.0 Å². The predicted molar refractivity (Wildman–Crippen MR) is 62.9 cm³/mol. The highest BCUT2D eigenvalue weighted by molar-refractivity contribution is 7.99. The molecule has 7 heteroatoms. The molecule has 94 valence electrons. The minimum atomic E-state index is -0.883. The zero-order valence-electron chi connectivity index (χ0n) is 9.45. The lowest BCUT2D eigenvalue weighted by atomic mass is 10.1. The molecular formula is C10H13NO5S. The SMILES string of the molecule is CC(C)C(SCc1ccc([N+](=O)[O-])o1)C(=O)O. The van der Waals surface area contributed by atoms with Crippen LogP contribution in [0.3, 0.4) is 0 Å². The first kappa shape index (κ1) is 13.6. The molecule has 0 saturated heterocycles. The van der Waals surface area contributed by atoms with E-state index in [-0.39, 0.29) is 11.8 Å². The Bertz CT molecular complexity index is 415. The first-order valence-corrected chi connectivity index (χ1v) is 6.04. The Balaban J connectivity index is 2.59. The predicted octanol–water partition coefficient (Wildman–Crippen LogP) is 2.53. The number of aliphatic carboxylic acids is 1. The van der Waals surface area contributed by atoms with E-state index in [9.17, 15) is 14.9 Å². The Kier molecular flexibility index (Phi) is 4.56. The Hall–Kier alpha value is -1.50. The number of hydrogen-bond acceptors (Lipinski definition) is 5. The van der Waals surface area contributed by atoms with Crippen LogP contribution in [0, 0.1) is 16.0 Å². The molecule has 1 atom stereocenters. The smallest absolute Gasteiger partial charge is 0.433 e. The summed E-state index contributed by atoms with van der Waals surface area (Å²) in [6, 6.07) is 2.76. The molecule has 0 saturated carbocycles. The minimum absolute atomic E-state index is 0.0116. The number of thioether (sulfide) groups is 1. The van der Waals surface area contributed by atoms with Gasteiger partial charge in [0.25, 0.3) is 0 Å². The van der Waals surface area contributed by atoms with Crippen LogP contribution in [0.4, 0.5) is 5.88 Å². The van der Waals surface area contributed by atoms with E-state index in [4.69, 9.17) is 9.52 Å². The van der Waals surface area contributed by atoms with E-state index in [0.717, 1.165) is 0 Å². The summed E-state index contributed by atoms with van der Waals surface area (Å²) in [7, 11) is 0. The fraction of sp³-hybridized carbons (Fsp3) is 0.500. The minimum Gasteiger partial charge on any atom is -0.480 e. The van der Waals surface area contributed by atoms with Crippen LogP contribution in [-0.4, -0.2) is 21.2 Å². The number of carboxylic acid groups (broad SMARTS) is 1. The fourth-order valence-corrected chi connectivity index (χ4v) is 2.29. The second-order valence-electron chi connectivity index (χ2n) is 3.81. The summed E-state index contributed by atoms with van der Waals surface area (Å²) in [5, 5.41) is 18.8. The van der Waals surface area contributed by atoms with Gasteiger partial charge in [0, 0.05) is 0 Å². The van der Waals surface area contributed by atoms with Gasteiger partial charge in [-0.2, -0.15) is 0 Å². The van der Waals surface area contributed by atoms with E-state index in [2.05, 4.69) is 0 Å². The number of furan rings is 1. The van der Waals surface area contributed by atoms with Gasteiger partial charge in [0.15, 0.2) is 0 Å². The van der Waals surface area contributed by atoms with Gasteiger partial charge in [0.05, 0.1) is 11.8 Å². The van der Waals surface area contributed by atoms with Crippen LogP contribution < -0.4 is 0 Å². The van der Waals surface area contributed by atoms with Gasteiger partial charge < -0.3 is 9.52 Å². The zero-order valence-corrected chi connectivity index (χ0v) is 10.3. The maximum atomic E-state index is 10.9. The average molecular weight is 259 g/mol. The van der Waals surface area contributed by atoms with Crippen LogP contribution in [0.2, 0.25) is 0 Å². The van der Waals surface area contributed by atoms with Crippen LogP contribution in [0.15, 0.2) is 16.5 Å². The number of carboxylic acids is 1. The van der Waals surface area contributed by atoms with E-state index in [1.54, 1.807) is 0 Å². The van der Waals surface area contributed by atoms with Crippen LogP contribution in [0.25, 0.3) is 0 Å². The molecule has 1 rings (SSSR count). The Morgan fingerprint density at radius 2 is 2.24 bits per heavy atom. The number of carbonyl (C=O) groups is 1. The van der Waals surface area contributed by atoms with Crippen molar-refractivity contribution in [1.29, 1.82) is 0 Å². The molecule has 6 nitrogen and oxygen atoms in total. The molecular weight excluding hydrogens is 246 g/mol. The van der Waals surface area contributed by atoms with Crippen molar-refractivity contribution in [2.45, 2.75) is 24.9 Å². The summed E-state index contributed by atoms with van der Waals surface area (Å²) >= 11 is 1.20. The van der Waals surface area contributed by atoms with Crippen molar-refractivity contribution in [1.82, 2.24) is 0 Å². The first-order valence-electron chi connectivity index (χ1n) is 4.99. The second-order valence-corrected chi connectivity index (χ2v) is 4.94. The quantitative estimate of drug-likeness (QED) is 0.623. The molecule has 0 aliphatic carbocycles. The third kappa shape index (κ3) is 3.77. The van der Waals surface area contributed by atoms with Gasteiger partial charge in [-0.3, -0.25) is 14.9 Å². The third-order valence-electron chi connectivity index (χ3n) is 2.08. The summed E-state index contributed by atoms with van der Waals surface area (Å²) in [5.41, 5.74) is 0. The van der Waals surface area contributed by atoms with Crippen molar-refractivity contribution in [3.63, 3.8) is 0 Å². The number of hydrogen-bond donors (Lipinski definition) is 1. The average Bonchev–Trinajstić information content (AvgIpc) is 2.65.